The Labute approximate surface area is 106 Å². The fourth-order valence-corrected chi connectivity index (χ4v) is 2.30. The highest BCUT2D eigenvalue weighted by Gasteiger charge is 2.53. The molecular weight excluding hydrogens is 236 g/mol. The number of ether oxygens (including phenoxy) is 1. The number of urea groups is 1. The largest absolute Gasteiger partial charge is 0.480 e. The van der Waals surface area contributed by atoms with Crippen LogP contribution < -0.4 is 10.6 Å². The van der Waals surface area contributed by atoms with Crippen LogP contribution in [0.1, 0.15) is 25.7 Å². The zero-order valence-electron chi connectivity index (χ0n) is 10.4. The predicted molar refractivity (Wildman–Crippen MR) is 64.2 cm³/mol. The zero-order valence-corrected chi connectivity index (χ0v) is 10.4. The maximum absolute atomic E-state index is 11.5. The third kappa shape index (κ3) is 3.87. The molecule has 0 saturated heterocycles. The Bertz CT molecular complexity index is 324. The van der Waals surface area contributed by atoms with Crippen molar-refractivity contribution in [1.82, 2.24) is 10.6 Å². The highest BCUT2D eigenvalue weighted by Crippen LogP contribution is 2.60. The number of carboxylic acid groups (broad SMARTS) is 1. The maximum Gasteiger partial charge on any atom is 0.329 e. The number of amides is 2. The number of carbonyl (C=O) groups is 2. The highest BCUT2D eigenvalue weighted by atomic mass is 16.5. The number of carboxylic acids is 1. The second kappa shape index (κ2) is 5.56. The van der Waals surface area contributed by atoms with Crippen LogP contribution in [0.4, 0.5) is 4.79 Å². The van der Waals surface area contributed by atoms with E-state index in [1.807, 2.05) is 0 Å². The summed E-state index contributed by atoms with van der Waals surface area (Å²) in [6.45, 7) is 0.983. The first-order valence-corrected chi connectivity index (χ1v) is 6.44. The number of hydrogen-bond acceptors (Lipinski definition) is 3. The molecule has 2 rings (SSSR count). The van der Waals surface area contributed by atoms with Gasteiger partial charge in [0, 0.05) is 13.1 Å². The third-order valence-electron chi connectivity index (χ3n) is 3.69. The van der Waals surface area contributed by atoms with Gasteiger partial charge in [0.2, 0.25) is 0 Å². The summed E-state index contributed by atoms with van der Waals surface area (Å²) in [6.07, 6.45) is 5.10. The normalized spacial score (nSPS) is 20.2. The van der Waals surface area contributed by atoms with Crippen molar-refractivity contribution in [2.45, 2.75) is 25.7 Å². The van der Waals surface area contributed by atoms with Crippen LogP contribution >= 0.6 is 0 Å². The lowest BCUT2D eigenvalue weighted by Crippen LogP contribution is -2.40. The third-order valence-corrected chi connectivity index (χ3v) is 3.69. The number of carbonyl (C=O) groups excluding carboxylic acids is 1. The van der Waals surface area contributed by atoms with E-state index in [1.54, 1.807) is 0 Å². The summed E-state index contributed by atoms with van der Waals surface area (Å²) in [5.41, 5.74) is 0.400. The molecule has 102 valence electrons. The first-order valence-electron chi connectivity index (χ1n) is 6.44. The summed E-state index contributed by atoms with van der Waals surface area (Å²) >= 11 is 0. The van der Waals surface area contributed by atoms with E-state index in [1.165, 1.54) is 25.7 Å². The Morgan fingerprint density at radius 1 is 1.28 bits per heavy atom. The standard InChI is InChI=1S/C12H20N2O4/c15-10(16)7-18-6-5-13-11(17)14-8-12(3-4-12)9-1-2-9/h9H,1-8H2,(H,15,16)(H2,13,14,17). The molecule has 0 bridgehead atoms. The van der Waals surface area contributed by atoms with Crippen molar-refractivity contribution < 1.29 is 19.4 Å². The van der Waals surface area contributed by atoms with Crippen molar-refractivity contribution in [1.29, 1.82) is 0 Å². The number of aliphatic carboxylic acids is 1. The molecule has 2 aliphatic carbocycles. The monoisotopic (exact) mass is 256 g/mol. The summed E-state index contributed by atoms with van der Waals surface area (Å²) in [6, 6.07) is -0.194. The predicted octanol–water partition coefficient (Wildman–Crippen LogP) is 0.577. The average molecular weight is 256 g/mol. The van der Waals surface area contributed by atoms with Crippen molar-refractivity contribution in [2.24, 2.45) is 11.3 Å². The van der Waals surface area contributed by atoms with Gasteiger partial charge < -0.3 is 20.5 Å². The molecule has 2 saturated carbocycles. The molecule has 0 aromatic heterocycles. The van der Waals surface area contributed by atoms with E-state index in [0.29, 0.717) is 12.0 Å². The molecule has 0 radical (unpaired) electrons. The van der Waals surface area contributed by atoms with E-state index in [-0.39, 0.29) is 19.2 Å². The molecule has 2 aliphatic rings. The number of nitrogens with one attached hydrogen (secondary N) is 2. The Morgan fingerprint density at radius 2 is 2.00 bits per heavy atom. The SMILES string of the molecule is O=C(O)COCCNC(=O)NCC1(C2CC2)CC1. The van der Waals surface area contributed by atoms with Gasteiger partial charge >= 0.3 is 12.0 Å². The van der Waals surface area contributed by atoms with Gasteiger partial charge in [-0.1, -0.05) is 0 Å². The van der Waals surface area contributed by atoms with Crippen LogP contribution in [0, 0.1) is 11.3 Å². The molecule has 0 aromatic carbocycles. The van der Waals surface area contributed by atoms with Crippen molar-refractivity contribution in [3.8, 4) is 0 Å². The summed E-state index contributed by atoms with van der Waals surface area (Å²) in [5, 5.41) is 13.9. The van der Waals surface area contributed by atoms with E-state index in [2.05, 4.69) is 10.6 Å². The second-order valence-corrected chi connectivity index (χ2v) is 5.19. The quantitative estimate of drug-likeness (QED) is 0.554. The molecule has 6 heteroatoms. The molecule has 0 aliphatic heterocycles. The van der Waals surface area contributed by atoms with E-state index in [4.69, 9.17) is 9.84 Å². The Hall–Kier alpha value is -1.30. The van der Waals surface area contributed by atoms with Gasteiger partial charge in [0.05, 0.1) is 6.61 Å². The lowest BCUT2D eigenvalue weighted by Gasteiger charge is -2.15. The van der Waals surface area contributed by atoms with Crippen LogP contribution in [0.2, 0.25) is 0 Å². The topological polar surface area (TPSA) is 87.7 Å². The van der Waals surface area contributed by atoms with Gasteiger partial charge in [-0.15, -0.1) is 0 Å². The van der Waals surface area contributed by atoms with Crippen LogP contribution in [0.25, 0.3) is 0 Å². The van der Waals surface area contributed by atoms with Crippen LogP contribution in [0.15, 0.2) is 0 Å². The van der Waals surface area contributed by atoms with Crippen molar-refractivity contribution >= 4 is 12.0 Å². The molecule has 0 aromatic rings. The van der Waals surface area contributed by atoms with E-state index < -0.39 is 5.97 Å². The molecule has 2 fully saturated rings. The molecule has 2 amide bonds. The zero-order chi connectivity index (χ0) is 13.0. The minimum Gasteiger partial charge on any atom is -0.480 e. The fourth-order valence-electron chi connectivity index (χ4n) is 2.30. The summed E-state index contributed by atoms with van der Waals surface area (Å²) < 4.78 is 4.81. The molecule has 6 nitrogen and oxygen atoms in total. The van der Waals surface area contributed by atoms with Gasteiger partial charge in [0.1, 0.15) is 6.61 Å². The molecular formula is C12H20N2O4. The Kier molecular flexibility index (Phi) is 4.06. The van der Waals surface area contributed by atoms with Crippen LogP contribution in [0.5, 0.6) is 0 Å². The number of rotatable bonds is 8. The van der Waals surface area contributed by atoms with E-state index in [0.717, 1.165) is 12.5 Å². The lowest BCUT2D eigenvalue weighted by molar-refractivity contribution is -0.142. The fraction of sp³-hybridized carbons (Fsp3) is 0.833. The second-order valence-electron chi connectivity index (χ2n) is 5.19. The summed E-state index contributed by atoms with van der Waals surface area (Å²) in [5.74, 6) is -0.170. The van der Waals surface area contributed by atoms with E-state index in [9.17, 15) is 9.59 Å². The smallest absolute Gasteiger partial charge is 0.329 e. The van der Waals surface area contributed by atoms with Gasteiger partial charge in [0.15, 0.2) is 0 Å². The molecule has 18 heavy (non-hydrogen) atoms. The van der Waals surface area contributed by atoms with Crippen LogP contribution in [-0.4, -0.2) is 43.4 Å². The highest BCUT2D eigenvalue weighted by molar-refractivity contribution is 5.73. The van der Waals surface area contributed by atoms with E-state index >= 15 is 0 Å². The van der Waals surface area contributed by atoms with Gasteiger partial charge in [-0.3, -0.25) is 0 Å². The number of hydrogen-bond donors (Lipinski definition) is 3. The first-order chi connectivity index (χ1) is 8.62. The maximum atomic E-state index is 11.5. The van der Waals surface area contributed by atoms with Crippen LogP contribution in [-0.2, 0) is 9.53 Å². The Balaban J connectivity index is 1.49. The summed E-state index contributed by atoms with van der Waals surface area (Å²) in [7, 11) is 0. The Morgan fingerprint density at radius 3 is 2.56 bits per heavy atom. The average Bonchev–Trinajstić information content (AvgIpc) is 3.15. The molecule has 0 heterocycles. The van der Waals surface area contributed by atoms with Gasteiger partial charge in [-0.25, -0.2) is 9.59 Å². The minimum atomic E-state index is -1.00. The lowest BCUT2D eigenvalue weighted by atomic mass is 10.0. The van der Waals surface area contributed by atoms with Gasteiger partial charge in [-0.2, -0.15) is 0 Å². The van der Waals surface area contributed by atoms with Crippen molar-refractivity contribution in [3.63, 3.8) is 0 Å². The molecule has 3 N–H and O–H groups in total. The molecule has 0 atom stereocenters. The van der Waals surface area contributed by atoms with Crippen molar-refractivity contribution in [2.75, 3.05) is 26.3 Å². The molecule has 0 unspecified atom stereocenters. The summed E-state index contributed by atoms with van der Waals surface area (Å²) in [4.78, 5) is 21.6. The first kappa shape index (κ1) is 13.1. The molecule has 0 spiro atoms. The van der Waals surface area contributed by atoms with Crippen molar-refractivity contribution in [3.05, 3.63) is 0 Å². The van der Waals surface area contributed by atoms with Gasteiger partial charge in [-0.05, 0) is 37.0 Å². The van der Waals surface area contributed by atoms with Crippen LogP contribution in [0.3, 0.4) is 0 Å². The minimum absolute atomic E-state index is 0.194. The van der Waals surface area contributed by atoms with Gasteiger partial charge in [0.25, 0.3) is 0 Å².